The normalized spacial score (nSPS) is 22.7. The summed E-state index contributed by atoms with van der Waals surface area (Å²) in [7, 11) is 0. The molecule has 0 radical (unpaired) electrons. The van der Waals surface area contributed by atoms with Gasteiger partial charge in [0.1, 0.15) is 0 Å². The fourth-order valence-corrected chi connectivity index (χ4v) is 2.71. The Kier molecular flexibility index (Phi) is 3.59. The van der Waals surface area contributed by atoms with Crippen LogP contribution in [0.1, 0.15) is 25.7 Å². The lowest BCUT2D eigenvalue weighted by atomic mass is 10.0. The second-order valence-electron chi connectivity index (χ2n) is 5.67. The van der Waals surface area contributed by atoms with E-state index >= 15 is 0 Å². The van der Waals surface area contributed by atoms with Gasteiger partial charge in [-0.05, 0) is 37.8 Å². The highest BCUT2D eigenvalue weighted by Crippen LogP contribution is 2.32. The number of carbonyl (C=O) groups is 1. The Labute approximate surface area is 117 Å². The maximum absolute atomic E-state index is 13.2. The second-order valence-corrected chi connectivity index (χ2v) is 5.67. The van der Waals surface area contributed by atoms with Gasteiger partial charge in [0.25, 0.3) is 0 Å². The lowest BCUT2D eigenvalue weighted by molar-refractivity contribution is -0.133. The molecular weight excluding hydrogens is 262 g/mol. The summed E-state index contributed by atoms with van der Waals surface area (Å²) in [5, 5.41) is 3.19. The van der Waals surface area contributed by atoms with E-state index in [4.69, 9.17) is 0 Å². The monoisotopic (exact) mass is 280 g/mol. The summed E-state index contributed by atoms with van der Waals surface area (Å²) in [6.07, 6.45) is 3.90. The van der Waals surface area contributed by atoms with Crippen LogP contribution in [0.5, 0.6) is 0 Å². The largest absolute Gasteiger partial charge is 0.380 e. The van der Waals surface area contributed by atoms with Gasteiger partial charge in [-0.2, -0.15) is 0 Å². The van der Waals surface area contributed by atoms with Crippen LogP contribution >= 0.6 is 0 Å². The van der Waals surface area contributed by atoms with E-state index < -0.39 is 11.6 Å². The minimum absolute atomic E-state index is 0.108. The van der Waals surface area contributed by atoms with Gasteiger partial charge in [0, 0.05) is 36.8 Å². The molecule has 1 aliphatic heterocycles. The van der Waals surface area contributed by atoms with Crippen molar-refractivity contribution < 1.29 is 13.6 Å². The molecule has 20 heavy (non-hydrogen) atoms. The van der Waals surface area contributed by atoms with E-state index in [0.717, 1.165) is 44.4 Å². The highest BCUT2D eigenvalue weighted by Gasteiger charge is 2.35. The molecule has 5 heteroatoms. The van der Waals surface area contributed by atoms with Gasteiger partial charge in [-0.3, -0.25) is 4.79 Å². The molecule has 2 fully saturated rings. The van der Waals surface area contributed by atoms with Crippen LogP contribution in [0.25, 0.3) is 0 Å². The molecule has 1 atom stereocenters. The third-order valence-corrected chi connectivity index (χ3v) is 3.95. The van der Waals surface area contributed by atoms with Crippen molar-refractivity contribution in [1.29, 1.82) is 0 Å². The Morgan fingerprint density at radius 2 is 2.00 bits per heavy atom. The molecule has 1 heterocycles. The number of anilines is 1. The third kappa shape index (κ3) is 2.92. The minimum atomic E-state index is -0.850. The number of hydrogen-bond acceptors (Lipinski definition) is 2. The van der Waals surface area contributed by atoms with Crippen molar-refractivity contribution in [1.82, 2.24) is 4.90 Å². The topological polar surface area (TPSA) is 32.3 Å². The van der Waals surface area contributed by atoms with Gasteiger partial charge in [0.15, 0.2) is 11.6 Å². The van der Waals surface area contributed by atoms with Crippen LogP contribution in [0.15, 0.2) is 18.2 Å². The Hall–Kier alpha value is -1.65. The molecule has 0 aromatic heterocycles. The van der Waals surface area contributed by atoms with Gasteiger partial charge >= 0.3 is 0 Å². The summed E-state index contributed by atoms with van der Waals surface area (Å²) in [5.74, 6) is -1.21. The number of amides is 1. The Balaban J connectivity index is 1.61. The van der Waals surface area contributed by atoms with Crippen LogP contribution < -0.4 is 5.32 Å². The van der Waals surface area contributed by atoms with Crippen molar-refractivity contribution >= 4 is 11.6 Å². The zero-order valence-corrected chi connectivity index (χ0v) is 11.2. The average molecular weight is 280 g/mol. The summed E-state index contributed by atoms with van der Waals surface area (Å²) in [6.45, 7) is 1.46. The van der Waals surface area contributed by atoms with E-state index in [1.165, 1.54) is 6.07 Å². The standard InChI is InChI=1S/C15H18F2N2O/c16-13-6-5-11(8-14(13)17)18-12-2-1-7-19(9-12)15(20)10-3-4-10/h5-6,8,10,12,18H,1-4,7,9H2/t12-/m1/s1. The Bertz CT molecular complexity index is 517. The number of hydrogen-bond donors (Lipinski definition) is 1. The van der Waals surface area contributed by atoms with E-state index in [1.807, 2.05) is 4.90 Å². The first-order valence-corrected chi connectivity index (χ1v) is 7.14. The summed E-state index contributed by atoms with van der Waals surface area (Å²) < 4.78 is 26.1. The first kappa shape index (κ1) is 13.3. The van der Waals surface area contributed by atoms with Crippen LogP contribution in [0, 0.1) is 17.6 Å². The maximum atomic E-state index is 13.2. The lowest BCUT2D eigenvalue weighted by Crippen LogP contribution is -2.45. The van der Waals surface area contributed by atoms with Crippen molar-refractivity contribution in [3.05, 3.63) is 29.8 Å². The van der Waals surface area contributed by atoms with E-state index in [0.29, 0.717) is 12.2 Å². The maximum Gasteiger partial charge on any atom is 0.225 e. The predicted octanol–water partition coefficient (Wildman–Crippen LogP) is 2.78. The number of rotatable bonds is 3. The smallest absolute Gasteiger partial charge is 0.225 e. The van der Waals surface area contributed by atoms with Crippen molar-refractivity contribution in [3.8, 4) is 0 Å². The first-order chi connectivity index (χ1) is 9.63. The van der Waals surface area contributed by atoms with Crippen LogP contribution in [0.3, 0.4) is 0 Å². The molecule has 0 unspecified atom stereocenters. The number of carbonyl (C=O) groups excluding carboxylic acids is 1. The van der Waals surface area contributed by atoms with Crippen molar-refractivity contribution in [3.63, 3.8) is 0 Å². The van der Waals surface area contributed by atoms with E-state index in [-0.39, 0.29) is 17.9 Å². The first-order valence-electron chi connectivity index (χ1n) is 7.14. The second kappa shape index (κ2) is 5.38. The molecule has 108 valence electrons. The molecular formula is C15H18F2N2O. The molecule has 1 aliphatic carbocycles. The molecule has 1 N–H and O–H groups in total. The number of nitrogens with zero attached hydrogens (tertiary/aromatic N) is 1. The molecule has 1 saturated carbocycles. The third-order valence-electron chi connectivity index (χ3n) is 3.95. The van der Waals surface area contributed by atoms with Crippen LogP contribution in [0.2, 0.25) is 0 Å². The average Bonchev–Trinajstić information content (AvgIpc) is 3.27. The lowest BCUT2D eigenvalue weighted by Gasteiger charge is -2.34. The number of nitrogens with one attached hydrogen (secondary N) is 1. The fourth-order valence-electron chi connectivity index (χ4n) is 2.71. The highest BCUT2D eigenvalue weighted by atomic mass is 19.2. The molecule has 1 aromatic rings. The van der Waals surface area contributed by atoms with Crippen molar-refractivity contribution in [2.75, 3.05) is 18.4 Å². The zero-order chi connectivity index (χ0) is 14.1. The summed E-state index contributed by atoms with van der Waals surface area (Å²) in [6, 6.07) is 3.92. The number of halogens is 2. The number of likely N-dealkylation sites (tertiary alicyclic amines) is 1. The molecule has 0 bridgehead atoms. The van der Waals surface area contributed by atoms with Crippen LogP contribution in [0.4, 0.5) is 14.5 Å². The summed E-state index contributed by atoms with van der Waals surface area (Å²) in [5.41, 5.74) is 0.564. The fraction of sp³-hybridized carbons (Fsp3) is 0.533. The number of piperidine rings is 1. The Morgan fingerprint density at radius 1 is 1.20 bits per heavy atom. The van der Waals surface area contributed by atoms with Gasteiger partial charge in [0.2, 0.25) is 5.91 Å². The van der Waals surface area contributed by atoms with Crippen molar-refractivity contribution in [2.24, 2.45) is 5.92 Å². The van der Waals surface area contributed by atoms with Gasteiger partial charge in [-0.25, -0.2) is 8.78 Å². The predicted molar refractivity (Wildman–Crippen MR) is 72.3 cm³/mol. The van der Waals surface area contributed by atoms with E-state index in [1.54, 1.807) is 0 Å². The molecule has 0 spiro atoms. The molecule has 1 saturated heterocycles. The summed E-state index contributed by atoms with van der Waals surface area (Å²) >= 11 is 0. The van der Waals surface area contributed by atoms with E-state index in [9.17, 15) is 13.6 Å². The molecule has 3 rings (SSSR count). The van der Waals surface area contributed by atoms with Gasteiger partial charge in [-0.15, -0.1) is 0 Å². The van der Waals surface area contributed by atoms with Crippen LogP contribution in [-0.4, -0.2) is 29.9 Å². The Morgan fingerprint density at radius 3 is 2.70 bits per heavy atom. The molecule has 1 aromatic carbocycles. The molecule has 2 aliphatic rings. The van der Waals surface area contributed by atoms with Gasteiger partial charge in [-0.1, -0.05) is 0 Å². The zero-order valence-electron chi connectivity index (χ0n) is 11.2. The highest BCUT2D eigenvalue weighted by molar-refractivity contribution is 5.81. The summed E-state index contributed by atoms with van der Waals surface area (Å²) in [4.78, 5) is 13.9. The van der Waals surface area contributed by atoms with E-state index in [2.05, 4.69) is 5.32 Å². The quantitative estimate of drug-likeness (QED) is 0.923. The minimum Gasteiger partial charge on any atom is -0.380 e. The molecule has 3 nitrogen and oxygen atoms in total. The van der Waals surface area contributed by atoms with Crippen molar-refractivity contribution in [2.45, 2.75) is 31.7 Å². The van der Waals surface area contributed by atoms with Gasteiger partial charge < -0.3 is 10.2 Å². The van der Waals surface area contributed by atoms with Crippen LogP contribution in [-0.2, 0) is 4.79 Å². The van der Waals surface area contributed by atoms with Gasteiger partial charge in [0.05, 0.1) is 0 Å². The SMILES string of the molecule is O=C(C1CC1)N1CCC[C@@H](Nc2ccc(F)c(F)c2)C1. The molecule has 1 amide bonds. The number of benzene rings is 1.